The molecule has 0 saturated heterocycles. The van der Waals surface area contributed by atoms with Crippen molar-refractivity contribution >= 4 is 17.4 Å². The Morgan fingerprint density at radius 1 is 1.00 bits per heavy atom. The Kier molecular flexibility index (Phi) is 6.54. The highest BCUT2D eigenvalue weighted by molar-refractivity contribution is 5.96. The van der Waals surface area contributed by atoms with Crippen molar-refractivity contribution in [1.29, 1.82) is 0 Å². The summed E-state index contributed by atoms with van der Waals surface area (Å²) in [4.78, 5) is 38.1. The molecule has 0 bridgehead atoms. The fourth-order valence-electron chi connectivity index (χ4n) is 4.39. The van der Waals surface area contributed by atoms with Crippen molar-refractivity contribution in [2.75, 3.05) is 5.32 Å². The summed E-state index contributed by atoms with van der Waals surface area (Å²) in [7, 11) is 0. The van der Waals surface area contributed by atoms with Gasteiger partial charge in [0, 0.05) is 22.4 Å². The summed E-state index contributed by atoms with van der Waals surface area (Å²) in [5.41, 5.74) is 5.69. The first-order valence-electron chi connectivity index (χ1n) is 11.5. The maximum atomic E-state index is 13.4. The minimum Gasteiger partial charge on any atom is -0.324 e. The maximum absolute atomic E-state index is 13.4. The Labute approximate surface area is 193 Å². The molecule has 0 radical (unpaired) electrons. The van der Waals surface area contributed by atoms with Crippen LogP contribution in [-0.2, 0) is 17.6 Å². The van der Waals surface area contributed by atoms with Crippen LogP contribution in [0.1, 0.15) is 66.2 Å². The topological polar surface area (TPSA) is 81.1 Å². The summed E-state index contributed by atoms with van der Waals surface area (Å²) < 4.78 is 1.37. The number of fused-ring (bicyclic) bond motifs is 1. The predicted octanol–water partition coefficient (Wildman–Crippen LogP) is 4.89. The highest BCUT2D eigenvalue weighted by Gasteiger charge is 2.27. The molecule has 4 rings (SSSR count). The van der Waals surface area contributed by atoms with Gasteiger partial charge in [0.25, 0.3) is 5.56 Å². The number of benzene rings is 2. The van der Waals surface area contributed by atoms with Crippen molar-refractivity contribution in [2.24, 2.45) is 0 Å². The van der Waals surface area contributed by atoms with Crippen LogP contribution in [0.2, 0.25) is 0 Å². The first kappa shape index (κ1) is 22.6. The van der Waals surface area contributed by atoms with Crippen molar-refractivity contribution in [2.45, 2.75) is 58.9 Å². The molecule has 1 aliphatic carbocycles. The van der Waals surface area contributed by atoms with Crippen molar-refractivity contribution in [3.63, 3.8) is 0 Å². The average Bonchev–Trinajstić information content (AvgIpc) is 2.82. The molecular weight excluding hydrogens is 414 g/mol. The van der Waals surface area contributed by atoms with Gasteiger partial charge in [-0.25, -0.2) is 4.68 Å². The van der Waals surface area contributed by atoms with Crippen molar-refractivity contribution < 1.29 is 9.59 Å². The smallest absolute Gasteiger partial charge is 0.271 e. The number of nitrogens with one attached hydrogen (secondary N) is 1. The van der Waals surface area contributed by atoms with Gasteiger partial charge >= 0.3 is 0 Å². The fraction of sp³-hybridized carbons (Fsp3) is 0.333. The number of aryl methyl sites for hydroxylation is 1. The van der Waals surface area contributed by atoms with Crippen LogP contribution in [0.25, 0.3) is 11.3 Å². The molecule has 170 valence electrons. The molecule has 1 heterocycles. The zero-order chi connectivity index (χ0) is 23.5. The highest BCUT2D eigenvalue weighted by Crippen LogP contribution is 2.29. The van der Waals surface area contributed by atoms with Crippen LogP contribution >= 0.6 is 0 Å². The Bertz CT molecular complexity index is 1240. The van der Waals surface area contributed by atoms with E-state index < -0.39 is 6.04 Å². The van der Waals surface area contributed by atoms with E-state index in [0.717, 1.165) is 47.2 Å². The summed E-state index contributed by atoms with van der Waals surface area (Å²) in [5, 5.41) is 7.64. The van der Waals surface area contributed by atoms with E-state index in [1.165, 1.54) is 11.6 Å². The minimum absolute atomic E-state index is 0.0345. The second kappa shape index (κ2) is 9.53. The molecule has 3 aromatic rings. The third-order valence-electron chi connectivity index (χ3n) is 6.30. The number of rotatable bonds is 6. The van der Waals surface area contributed by atoms with E-state index in [2.05, 4.69) is 5.32 Å². The molecule has 6 heteroatoms. The van der Waals surface area contributed by atoms with E-state index in [1.807, 2.05) is 38.1 Å². The molecule has 2 aromatic carbocycles. The van der Waals surface area contributed by atoms with Crippen molar-refractivity contribution in [3.8, 4) is 11.3 Å². The Morgan fingerprint density at radius 2 is 1.64 bits per heavy atom. The third kappa shape index (κ3) is 4.65. The molecule has 0 fully saturated rings. The van der Waals surface area contributed by atoms with Gasteiger partial charge in [-0.05, 0) is 75.8 Å². The van der Waals surface area contributed by atoms with E-state index >= 15 is 0 Å². The summed E-state index contributed by atoms with van der Waals surface area (Å²) >= 11 is 0. The van der Waals surface area contributed by atoms with E-state index in [-0.39, 0.29) is 17.2 Å². The number of nitrogens with zero attached hydrogens (tertiary/aromatic N) is 2. The highest BCUT2D eigenvalue weighted by atomic mass is 16.2. The molecule has 33 heavy (non-hydrogen) atoms. The summed E-state index contributed by atoms with van der Waals surface area (Å²) in [6.45, 7) is 5.41. The largest absolute Gasteiger partial charge is 0.324 e. The molecule has 6 nitrogen and oxygen atoms in total. The lowest BCUT2D eigenvalue weighted by Gasteiger charge is -2.24. The Hall–Kier alpha value is -3.54. The van der Waals surface area contributed by atoms with Gasteiger partial charge in [0.1, 0.15) is 6.04 Å². The molecule has 1 unspecified atom stereocenters. The van der Waals surface area contributed by atoms with E-state index in [1.54, 1.807) is 24.3 Å². The maximum Gasteiger partial charge on any atom is 0.271 e. The molecule has 1 aliphatic rings. The van der Waals surface area contributed by atoms with Gasteiger partial charge in [0.15, 0.2) is 5.78 Å². The monoisotopic (exact) mass is 443 g/mol. The first-order chi connectivity index (χ1) is 15.9. The second-order valence-corrected chi connectivity index (χ2v) is 8.68. The van der Waals surface area contributed by atoms with Crippen LogP contribution in [0.5, 0.6) is 0 Å². The summed E-state index contributed by atoms with van der Waals surface area (Å²) in [5.74, 6) is -0.332. The van der Waals surface area contributed by atoms with Gasteiger partial charge < -0.3 is 5.32 Å². The SMILES string of the molecule is CCC(C(=O)Nc1ccc(C(C)=O)cc1)n1nc(-c2ccc(C)cc2)c2c(c1=O)CCCC2. The van der Waals surface area contributed by atoms with Gasteiger partial charge in [0.05, 0.1) is 5.69 Å². The number of carbonyl (C=O) groups excluding carboxylic acids is 2. The van der Waals surface area contributed by atoms with Crippen molar-refractivity contribution in [1.82, 2.24) is 9.78 Å². The lowest BCUT2D eigenvalue weighted by Crippen LogP contribution is -2.38. The normalized spacial score (nSPS) is 13.8. The number of hydrogen-bond acceptors (Lipinski definition) is 4. The lowest BCUT2D eigenvalue weighted by molar-refractivity contribution is -0.119. The van der Waals surface area contributed by atoms with Crippen LogP contribution in [0.4, 0.5) is 5.69 Å². The first-order valence-corrected chi connectivity index (χ1v) is 11.5. The molecule has 0 aliphatic heterocycles. The molecular formula is C27H29N3O3. The van der Waals surface area contributed by atoms with Crippen LogP contribution in [0.3, 0.4) is 0 Å². The van der Waals surface area contributed by atoms with Crippen LogP contribution < -0.4 is 10.9 Å². The van der Waals surface area contributed by atoms with Gasteiger partial charge in [-0.3, -0.25) is 14.4 Å². The Morgan fingerprint density at radius 3 is 2.24 bits per heavy atom. The number of ketones is 1. The number of Topliss-reactive ketones (excluding diaryl/α,β-unsaturated/α-hetero) is 1. The van der Waals surface area contributed by atoms with E-state index in [0.29, 0.717) is 24.1 Å². The molecule has 1 atom stereocenters. The van der Waals surface area contributed by atoms with Crippen LogP contribution in [0, 0.1) is 6.92 Å². The summed E-state index contributed by atoms with van der Waals surface area (Å²) in [6, 6.07) is 14.1. The zero-order valence-electron chi connectivity index (χ0n) is 19.4. The average molecular weight is 444 g/mol. The van der Waals surface area contributed by atoms with Gasteiger partial charge in [-0.15, -0.1) is 0 Å². The standard InChI is InChI=1S/C27H29N3O3/c1-4-24(26(32)28-21-15-13-19(14-16-21)18(3)31)30-27(33)23-8-6-5-7-22(23)25(29-30)20-11-9-17(2)10-12-20/h9-16,24H,4-8H2,1-3H3,(H,28,32). The number of anilines is 1. The molecule has 0 spiro atoms. The number of aromatic nitrogens is 2. The van der Waals surface area contributed by atoms with Gasteiger partial charge in [-0.2, -0.15) is 5.10 Å². The van der Waals surface area contributed by atoms with Crippen LogP contribution in [-0.4, -0.2) is 21.5 Å². The Balaban J connectivity index is 1.73. The molecule has 1 aromatic heterocycles. The lowest BCUT2D eigenvalue weighted by atomic mass is 9.89. The van der Waals surface area contributed by atoms with E-state index in [4.69, 9.17) is 5.10 Å². The predicted molar refractivity (Wildman–Crippen MR) is 130 cm³/mol. The van der Waals surface area contributed by atoms with Gasteiger partial charge in [0.2, 0.25) is 5.91 Å². The van der Waals surface area contributed by atoms with Crippen LogP contribution in [0.15, 0.2) is 53.3 Å². The van der Waals surface area contributed by atoms with E-state index in [9.17, 15) is 14.4 Å². The summed E-state index contributed by atoms with van der Waals surface area (Å²) in [6.07, 6.45) is 3.96. The molecule has 0 saturated carbocycles. The number of hydrogen-bond donors (Lipinski definition) is 1. The zero-order valence-corrected chi connectivity index (χ0v) is 19.4. The number of carbonyl (C=O) groups is 2. The molecule has 1 N–H and O–H groups in total. The second-order valence-electron chi connectivity index (χ2n) is 8.68. The minimum atomic E-state index is -0.735. The number of amides is 1. The fourth-order valence-corrected chi connectivity index (χ4v) is 4.39. The van der Waals surface area contributed by atoms with Crippen molar-refractivity contribution in [3.05, 3.63) is 81.1 Å². The van der Waals surface area contributed by atoms with Gasteiger partial charge in [-0.1, -0.05) is 36.8 Å². The quantitative estimate of drug-likeness (QED) is 0.550. The molecule has 1 amide bonds. The third-order valence-corrected chi connectivity index (χ3v) is 6.30.